The third kappa shape index (κ3) is 6.42. The zero-order chi connectivity index (χ0) is 29.8. The molecule has 2 atom stereocenters. The molecule has 1 saturated heterocycles. The van der Waals surface area contributed by atoms with Gasteiger partial charge in [-0.1, -0.05) is 26.0 Å². The molecular formula is C31H35Cl2F3N6O2. The zero-order valence-electron chi connectivity index (χ0n) is 24.6. The van der Waals surface area contributed by atoms with Gasteiger partial charge in [-0.2, -0.15) is 10.2 Å². The molecule has 0 aliphatic carbocycles. The van der Waals surface area contributed by atoms with E-state index in [0.29, 0.717) is 54.4 Å². The van der Waals surface area contributed by atoms with Crippen molar-refractivity contribution in [3.63, 3.8) is 0 Å². The molecule has 0 bridgehead atoms. The summed E-state index contributed by atoms with van der Waals surface area (Å²) < 4.78 is 42.1. The summed E-state index contributed by atoms with van der Waals surface area (Å²) in [6.45, 7) is 8.34. The highest BCUT2D eigenvalue weighted by atomic mass is 35.5. The molecule has 3 aliphatic rings. The lowest BCUT2D eigenvalue weighted by atomic mass is 9.91. The number of halogens is 5. The summed E-state index contributed by atoms with van der Waals surface area (Å²) in [7, 11) is 0. The van der Waals surface area contributed by atoms with Gasteiger partial charge >= 0.3 is 0 Å². The first kappa shape index (κ1) is 33.6. The van der Waals surface area contributed by atoms with Gasteiger partial charge in [0, 0.05) is 73.8 Å². The monoisotopic (exact) mass is 650 g/mol. The van der Waals surface area contributed by atoms with Gasteiger partial charge < -0.3 is 15.1 Å². The molecule has 236 valence electrons. The van der Waals surface area contributed by atoms with Crippen molar-refractivity contribution in [3.05, 3.63) is 88.0 Å². The molecule has 0 spiro atoms. The highest BCUT2D eigenvalue weighted by molar-refractivity contribution is 5.98. The largest absolute Gasteiger partial charge is 0.333 e. The summed E-state index contributed by atoms with van der Waals surface area (Å²) in [6.07, 6.45) is 0.110. The number of amides is 2. The highest BCUT2D eigenvalue weighted by Gasteiger charge is 2.42. The fourth-order valence-electron chi connectivity index (χ4n) is 6.25. The summed E-state index contributed by atoms with van der Waals surface area (Å²) >= 11 is 0. The molecule has 1 N–H and O–H groups in total. The Kier molecular flexibility index (Phi) is 9.94. The number of hydrogen-bond acceptors (Lipinski definition) is 6. The van der Waals surface area contributed by atoms with Crippen LogP contribution < -0.4 is 10.2 Å². The second-order valence-electron chi connectivity index (χ2n) is 12.2. The molecule has 3 aromatic rings. The summed E-state index contributed by atoms with van der Waals surface area (Å²) in [5.74, 6) is -2.01. The van der Waals surface area contributed by atoms with Crippen LogP contribution in [0.4, 0.5) is 18.9 Å². The van der Waals surface area contributed by atoms with Crippen LogP contribution in [0.25, 0.3) is 0 Å². The number of carbonyl (C=O) groups is 2. The van der Waals surface area contributed by atoms with Crippen LogP contribution in [0.2, 0.25) is 0 Å². The van der Waals surface area contributed by atoms with Gasteiger partial charge in [0.05, 0.1) is 23.6 Å². The number of rotatable bonds is 6. The van der Waals surface area contributed by atoms with Crippen LogP contribution in [-0.2, 0) is 23.2 Å². The summed E-state index contributed by atoms with van der Waals surface area (Å²) in [5.41, 5.74) is 2.45. The fourth-order valence-corrected chi connectivity index (χ4v) is 6.25. The van der Waals surface area contributed by atoms with E-state index >= 15 is 0 Å². The van der Waals surface area contributed by atoms with E-state index in [1.165, 1.54) is 18.2 Å². The van der Waals surface area contributed by atoms with Crippen molar-refractivity contribution < 1.29 is 22.8 Å². The fraction of sp³-hybridized carbons (Fsp3) is 0.419. The standard InChI is InChI=1S/C31H33F3N6O2.2ClH/c1-18-13-38(22(12-35-18)14-39-15-24-23(30(39)42)5-4-6-25(24)33)16-28(41)40-17-31(2,3)29-27(40)11-21(36-37-29)9-19-7-8-20(32)10-26(19)34;;/h4-8,10-11,18,22,35H,9,12-17H2,1-3H3;2*1H/t18-,22-;;/m1../s1. The molecule has 1 aromatic heterocycles. The van der Waals surface area contributed by atoms with Gasteiger partial charge in [0.1, 0.15) is 17.5 Å². The van der Waals surface area contributed by atoms with Crippen molar-refractivity contribution >= 4 is 42.3 Å². The topological polar surface area (TPSA) is 81.7 Å². The number of fused-ring (bicyclic) bond motifs is 2. The second-order valence-corrected chi connectivity index (χ2v) is 12.2. The maximum Gasteiger partial charge on any atom is 0.254 e. The van der Waals surface area contributed by atoms with Gasteiger partial charge in [-0.15, -0.1) is 24.8 Å². The number of hydrogen-bond donors (Lipinski definition) is 1. The first-order chi connectivity index (χ1) is 20.0. The van der Waals surface area contributed by atoms with E-state index in [9.17, 15) is 22.8 Å². The molecule has 4 heterocycles. The minimum Gasteiger partial charge on any atom is -0.333 e. The van der Waals surface area contributed by atoms with Gasteiger partial charge in [-0.05, 0) is 36.8 Å². The minimum atomic E-state index is -0.660. The number of anilines is 1. The van der Waals surface area contributed by atoms with Gasteiger partial charge in [-0.3, -0.25) is 14.5 Å². The molecule has 2 aromatic carbocycles. The SMILES string of the molecule is C[C@@H]1CN(CC(=O)N2CC(C)(C)c3nnc(Cc4ccc(F)cc4F)cc32)[C@@H](CN2Cc3c(F)cccc3C2=O)CN1.Cl.Cl. The number of nitrogens with zero attached hydrogens (tertiary/aromatic N) is 5. The third-order valence-corrected chi connectivity index (χ3v) is 8.48. The molecule has 44 heavy (non-hydrogen) atoms. The summed E-state index contributed by atoms with van der Waals surface area (Å²) in [4.78, 5) is 32.4. The average molecular weight is 652 g/mol. The lowest BCUT2D eigenvalue weighted by molar-refractivity contribution is -0.120. The Balaban J connectivity index is 0.00000221. The maximum atomic E-state index is 14.4. The Labute approximate surface area is 266 Å². The second kappa shape index (κ2) is 13.0. The van der Waals surface area contributed by atoms with Crippen LogP contribution in [0.15, 0.2) is 42.5 Å². The minimum absolute atomic E-state index is 0. The van der Waals surface area contributed by atoms with Crippen LogP contribution in [0, 0.1) is 17.5 Å². The van der Waals surface area contributed by atoms with Gasteiger partial charge in [0.25, 0.3) is 5.91 Å². The van der Waals surface area contributed by atoms with Crippen molar-refractivity contribution in [1.29, 1.82) is 0 Å². The predicted octanol–water partition coefficient (Wildman–Crippen LogP) is 4.27. The first-order valence-corrected chi connectivity index (χ1v) is 14.2. The molecular weight excluding hydrogens is 616 g/mol. The summed E-state index contributed by atoms with van der Waals surface area (Å²) in [5, 5.41) is 12.2. The molecule has 2 amide bonds. The van der Waals surface area contributed by atoms with Gasteiger partial charge in [0.2, 0.25) is 5.91 Å². The first-order valence-electron chi connectivity index (χ1n) is 14.2. The lowest BCUT2D eigenvalue weighted by Gasteiger charge is -2.41. The average Bonchev–Trinajstić information content (AvgIpc) is 3.40. The third-order valence-electron chi connectivity index (χ3n) is 8.48. The van der Waals surface area contributed by atoms with E-state index < -0.39 is 17.0 Å². The number of nitrogens with one attached hydrogen (secondary N) is 1. The zero-order valence-corrected chi connectivity index (χ0v) is 26.3. The van der Waals surface area contributed by atoms with E-state index in [2.05, 4.69) is 20.4 Å². The quantitative estimate of drug-likeness (QED) is 0.429. The smallest absolute Gasteiger partial charge is 0.254 e. The molecule has 8 nitrogen and oxygen atoms in total. The van der Waals surface area contributed by atoms with Gasteiger partial charge in [0.15, 0.2) is 0 Å². The van der Waals surface area contributed by atoms with E-state index in [1.54, 1.807) is 28.0 Å². The molecule has 6 rings (SSSR count). The molecule has 3 aliphatic heterocycles. The van der Waals surface area contributed by atoms with Crippen molar-refractivity contribution in [2.75, 3.05) is 37.6 Å². The predicted molar refractivity (Wildman–Crippen MR) is 165 cm³/mol. The van der Waals surface area contributed by atoms with E-state index in [1.807, 2.05) is 20.8 Å². The molecule has 0 radical (unpaired) electrons. The highest BCUT2D eigenvalue weighted by Crippen LogP contribution is 2.39. The Hall–Kier alpha value is -3.25. The lowest BCUT2D eigenvalue weighted by Crippen LogP contribution is -2.60. The van der Waals surface area contributed by atoms with E-state index in [-0.39, 0.29) is 79.6 Å². The van der Waals surface area contributed by atoms with E-state index in [0.717, 1.165) is 6.07 Å². The Bertz CT molecular complexity index is 1580. The number of carbonyl (C=O) groups excluding carboxylic acids is 2. The normalized spacial score (nSPS) is 20.5. The van der Waals surface area contributed by atoms with Crippen LogP contribution >= 0.6 is 24.8 Å². The Morgan fingerprint density at radius 3 is 2.57 bits per heavy atom. The summed E-state index contributed by atoms with van der Waals surface area (Å²) in [6, 6.07) is 9.76. The van der Waals surface area contributed by atoms with E-state index in [4.69, 9.17) is 0 Å². The van der Waals surface area contributed by atoms with Crippen LogP contribution in [-0.4, -0.2) is 76.6 Å². The van der Waals surface area contributed by atoms with Crippen LogP contribution in [0.3, 0.4) is 0 Å². The maximum absolute atomic E-state index is 14.4. The number of piperazine rings is 1. The Morgan fingerprint density at radius 2 is 1.84 bits per heavy atom. The molecule has 0 saturated carbocycles. The van der Waals surface area contributed by atoms with Crippen molar-refractivity contribution in [2.24, 2.45) is 0 Å². The van der Waals surface area contributed by atoms with Crippen LogP contribution in [0.5, 0.6) is 0 Å². The van der Waals surface area contributed by atoms with Crippen molar-refractivity contribution in [3.8, 4) is 0 Å². The van der Waals surface area contributed by atoms with Crippen molar-refractivity contribution in [2.45, 2.75) is 51.2 Å². The Morgan fingerprint density at radius 1 is 1.07 bits per heavy atom. The van der Waals surface area contributed by atoms with Gasteiger partial charge in [-0.25, -0.2) is 13.2 Å². The molecule has 1 fully saturated rings. The number of benzene rings is 2. The molecule has 0 unspecified atom stereocenters. The van der Waals surface area contributed by atoms with Crippen LogP contribution in [0.1, 0.15) is 53.6 Å². The molecule has 13 heteroatoms. The van der Waals surface area contributed by atoms with Crippen molar-refractivity contribution in [1.82, 2.24) is 25.3 Å². The number of aromatic nitrogens is 2.